The van der Waals surface area contributed by atoms with Crippen LogP contribution in [0.2, 0.25) is 0 Å². The average Bonchev–Trinajstić information content (AvgIpc) is 2.16. The Morgan fingerprint density at radius 3 is 2.80 bits per heavy atom. The molecule has 78 valence electrons. The minimum atomic E-state index is -0.872. The van der Waals surface area contributed by atoms with Gasteiger partial charge in [0.1, 0.15) is 6.10 Å². The number of carbonyl (C=O) groups is 1. The first kappa shape index (κ1) is 10.9. The number of nitrogens with zero attached hydrogens (tertiary/aromatic N) is 1. The molecular weight excluding hydrogens is 194 g/mol. The molecule has 0 aliphatic heterocycles. The third-order valence-electron chi connectivity index (χ3n) is 1.93. The van der Waals surface area contributed by atoms with Gasteiger partial charge in [-0.1, -0.05) is 6.07 Å². The maximum absolute atomic E-state index is 10.5. The maximum Gasteiger partial charge on any atom is 0.405 e. The Labute approximate surface area is 87.2 Å². The number of carbonyl (C=O) groups excluding carboxylic acids is 1. The van der Waals surface area contributed by atoms with Crippen molar-refractivity contribution < 1.29 is 9.53 Å². The first-order chi connectivity index (χ1) is 7.04. The van der Waals surface area contributed by atoms with Crippen molar-refractivity contribution in [3.05, 3.63) is 29.3 Å². The third kappa shape index (κ3) is 2.61. The second-order valence-corrected chi connectivity index (χ2v) is 3.04. The summed E-state index contributed by atoms with van der Waals surface area (Å²) in [4.78, 5) is 10.5. The molecule has 0 fully saturated rings. The molecule has 0 radical (unpaired) electrons. The van der Waals surface area contributed by atoms with Gasteiger partial charge in [0.15, 0.2) is 0 Å². The van der Waals surface area contributed by atoms with E-state index >= 15 is 0 Å². The molecule has 4 N–H and O–H groups in total. The molecule has 0 bridgehead atoms. The fourth-order valence-electron chi connectivity index (χ4n) is 1.26. The highest BCUT2D eigenvalue weighted by Crippen LogP contribution is 2.22. The van der Waals surface area contributed by atoms with Crippen molar-refractivity contribution in [2.24, 2.45) is 5.73 Å². The molecule has 0 saturated carbocycles. The molecule has 1 unspecified atom stereocenters. The lowest BCUT2D eigenvalue weighted by atomic mass is 10.0. The van der Waals surface area contributed by atoms with E-state index in [0.717, 1.165) is 0 Å². The normalized spacial score (nSPS) is 11.5. The Balaban J connectivity index is 3.04. The van der Waals surface area contributed by atoms with Crippen molar-refractivity contribution in [1.29, 1.82) is 5.26 Å². The summed E-state index contributed by atoms with van der Waals surface area (Å²) < 4.78 is 4.77. The Morgan fingerprint density at radius 2 is 2.27 bits per heavy atom. The highest BCUT2D eigenvalue weighted by Gasteiger charge is 2.13. The molecule has 1 rings (SSSR count). The van der Waals surface area contributed by atoms with Gasteiger partial charge < -0.3 is 16.2 Å². The van der Waals surface area contributed by atoms with Crippen LogP contribution in [-0.2, 0) is 4.74 Å². The molecule has 0 aliphatic rings. The van der Waals surface area contributed by atoms with Crippen LogP contribution in [-0.4, -0.2) is 6.09 Å². The van der Waals surface area contributed by atoms with Crippen LogP contribution in [0, 0.1) is 11.3 Å². The lowest BCUT2D eigenvalue weighted by Crippen LogP contribution is -2.16. The van der Waals surface area contributed by atoms with Gasteiger partial charge in [0.2, 0.25) is 0 Å². The lowest BCUT2D eigenvalue weighted by molar-refractivity contribution is 0.116. The highest BCUT2D eigenvalue weighted by atomic mass is 16.6. The van der Waals surface area contributed by atoms with Crippen LogP contribution in [0.4, 0.5) is 10.5 Å². The van der Waals surface area contributed by atoms with Crippen molar-refractivity contribution in [3.63, 3.8) is 0 Å². The van der Waals surface area contributed by atoms with Gasteiger partial charge in [0.05, 0.1) is 11.6 Å². The zero-order valence-electron chi connectivity index (χ0n) is 8.23. The van der Waals surface area contributed by atoms with Gasteiger partial charge in [-0.05, 0) is 19.1 Å². The SMILES string of the molecule is CC(OC(N)=O)c1ccc(N)cc1C#N. The van der Waals surface area contributed by atoms with Gasteiger partial charge >= 0.3 is 6.09 Å². The van der Waals surface area contributed by atoms with Crippen LogP contribution >= 0.6 is 0 Å². The van der Waals surface area contributed by atoms with Crippen LogP contribution in [0.1, 0.15) is 24.2 Å². The minimum absolute atomic E-state index is 0.378. The predicted octanol–water partition coefficient (Wildman–Crippen LogP) is 1.30. The number of amides is 1. The van der Waals surface area contributed by atoms with Crippen LogP contribution in [0.3, 0.4) is 0 Å². The van der Waals surface area contributed by atoms with Crippen LogP contribution < -0.4 is 11.5 Å². The molecule has 5 heteroatoms. The summed E-state index contributed by atoms with van der Waals surface area (Å²) in [6, 6.07) is 6.78. The van der Waals surface area contributed by atoms with Crippen molar-refractivity contribution in [3.8, 4) is 6.07 Å². The standard InChI is InChI=1S/C10H11N3O2/c1-6(15-10(13)14)9-3-2-8(12)4-7(9)5-11/h2-4,6H,12H2,1H3,(H2,13,14). The van der Waals surface area contributed by atoms with Crippen molar-refractivity contribution >= 4 is 11.8 Å². The second kappa shape index (κ2) is 4.33. The summed E-state index contributed by atoms with van der Waals surface area (Å²) in [5.41, 5.74) is 11.9. The molecule has 1 atom stereocenters. The summed E-state index contributed by atoms with van der Waals surface area (Å²) in [6.07, 6.45) is -1.43. The molecule has 0 aromatic heterocycles. The van der Waals surface area contributed by atoms with E-state index < -0.39 is 12.2 Å². The summed E-state index contributed by atoms with van der Waals surface area (Å²) in [5.74, 6) is 0. The second-order valence-electron chi connectivity index (χ2n) is 3.04. The lowest BCUT2D eigenvalue weighted by Gasteiger charge is -2.13. The van der Waals surface area contributed by atoms with E-state index in [4.69, 9.17) is 21.5 Å². The highest BCUT2D eigenvalue weighted by molar-refractivity contribution is 5.65. The fraction of sp³-hybridized carbons (Fsp3) is 0.200. The van der Waals surface area contributed by atoms with Crippen LogP contribution in [0.25, 0.3) is 0 Å². The molecule has 1 aromatic rings. The number of nitriles is 1. The van der Waals surface area contributed by atoms with Crippen molar-refractivity contribution in [1.82, 2.24) is 0 Å². The Kier molecular flexibility index (Phi) is 3.13. The van der Waals surface area contributed by atoms with E-state index in [2.05, 4.69) is 0 Å². The molecular formula is C10H11N3O2. The molecule has 0 spiro atoms. The number of hydrogen-bond acceptors (Lipinski definition) is 4. The molecule has 5 nitrogen and oxygen atoms in total. The Hall–Kier alpha value is -2.22. The van der Waals surface area contributed by atoms with Gasteiger partial charge in [-0.25, -0.2) is 4.79 Å². The summed E-state index contributed by atoms with van der Waals surface area (Å²) in [6.45, 7) is 1.64. The number of benzene rings is 1. The minimum Gasteiger partial charge on any atom is -0.442 e. The fourth-order valence-corrected chi connectivity index (χ4v) is 1.26. The maximum atomic E-state index is 10.5. The number of rotatable bonds is 2. The van der Waals surface area contributed by atoms with Crippen LogP contribution in [0.15, 0.2) is 18.2 Å². The van der Waals surface area contributed by atoms with E-state index in [1.807, 2.05) is 6.07 Å². The zero-order chi connectivity index (χ0) is 11.4. The van der Waals surface area contributed by atoms with Crippen LogP contribution in [0.5, 0.6) is 0 Å². The predicted molar refractivity (Wildman–Crippen MR) is 54.7 cm³/mol. The van der Waals surface area contributed by atoms with Gasteiger partial charge in [-0.3, -0.25) is 0 Å². The number of ether oxygens (including phenoxy) is 1. The van der Waals surface area contributed by atoms with E-state index in [9.17, 15) is 4.79 Å². The van der Waals surface area contributed by atoms with Crippen molar-refractivity contribution in [2.75, 3.05) is 5.73 Å². The first-order valence-electron chi connectivity index (χ1n) is 4.30. The smallest absolute Gasteiger partial charge is 0.405 e. The van der Waals surface area contributed by atoms with E-state index in [-0.39, 0.29) is 0 Å². The first-order valence-corrected chi connectivity index (χ1v) is 4.30. The summed E-state index contributed by atoms with van der Waals surface area (Å²) >= 11 is 0. The number of hydrogen-bond donors (Lipinski definition) is 2. The topological polar surface area (TPSA) is 102 Å². The molecule has 0 aliphatic carbocycles. The summed E-state index contributed by atoms with van der Waals surface area (Å²) in [5, 5.41) is 8.85. The average molecular weight is 205 g/mol. The number of primary amides is 1. The number of nitrogen functional groups attached to an aromatic ring is 1. The van der Waals surface area contributed by atoms with E-state index in [1.54, 1.807) is 19.1 Å². The van der Waals surface area contributed by atoms with Gasteiger partial charge in [-0.2, -0.15) is 5.26 Å². The molecule has 1 amide bonds. The van der Waals surface area contributed by atoms with E-state index in [1.165, 1.54) is 6.07 Å². The Morgan fingerprint density at radius 1 is 1.60 bits per heavy atom. The Bertz CT molecular complexity index is 423. The molecule has 0 heterocycles. The number of nitrogens with two attached hydrogens (primary N) is 2. The van der Waals surface area contributed by atoms with E-state index in [0.29, 0.717) is 16.8 Å². The zero-order valence-corrected chi connectivity index (χ0v) is 8.23. The van der Waals surface area contributed by atoms with Gasteiger partial charge in [0.25, 0.3) is 0 Å². The number of anilines is 1. The van der Waals surface area contributed by atoms with Crippen molar-refractivity contribution in [2.45, 2.75) is 13.0 Å². The molecule has 0 saturated heterocycles. The largest absolute Gasteiger partial charge is 0.442 e. The quantitative estimate of drug-likeness (QED) is 0.710. The summed E-state index contributed by atoms with van der Waals surface area (Å²) in [7, 11) is 0. The third-order valence-corrected chi connectivity index (χ3v) is 1.93. The van der Waals surface area contributed by atoms with Gasteiger partial charge in [0, 0.05) is 11.3 Å². The monoisotopic (exact) mass is 205 g/mol. The van der Waals surface area contributed by atoms with Gasteiger partial charge in [-0.15, -0.1) is 0 Å². The molecule has 15 heavy (non-hydrogen) atoms. The molecule has 1 aromatic carbocycles.